The van der Waals surface area contributed by atoms with Crippen molar-refractivity contribution in [2.45, 2.75) is 19.5 Å². The second-order valence-electron chi connectivity index (χ2n) is 7.39. The summed E-state index contributed by atoms with van der Waals surface area (Å²) in [6, 6.07) is 6.17. The van der Waals surface area contributed by atoms with Crippen LogP contribution in [-0.4, -0.2) is 46.5 Å². The van der Waals surface area contributed by atoms with E-state index >= 15 is 0 Å². The third-order valence-electron chi connectivity index (χ3n) is 5.08. The number of halogens is 1. The average molecular weight is 418 g/mol. The third kappa shape index (κ3) is 3.41. The molecular formula is C21H19FN8O. The number of benzene rings is 1. The van der Waals surface area contributed by atoms with Crippen molar-refractivity contribution in [3.8, 4) is 11.4 Å². The monoisotopic (exact) mass is 418 g/mol. The molecule has 9 nitrogen and oxygen atoms in total. The first kappa shape index (κ1) is 18.9. The number of aromatic amines is 1. The van der Waals surface area contributed by atoms with Gasteiger partial charge >= 0.3 is 0 Å². The standard InChI is InChI=1S/C21H19FN8O/c1-12(11-30-7-3-6-25-30)26-21(31)15-9-23-20-19(15)27-16(10-24-20)18-14-5-4-13(22)8-17(14)29(2)28-18/h3-10,12H,11H2,1-2H3,(H,23,24)(H,26,31)/t12-/m1/s1. The molecule has 0 saturated carbocycles. The van der Waals surface area contributed by atoms with Gasteiger partial charge in [0.25, 0.3) is 5.91 Å². The SMILES string of the molecule is C[C@H](Cn1cccn1)NC(=O)c1c[nH]c2ncc(-c3nn(C)c4cc(F)ccc34)nc12. The Bertz CT molecular complexity index is 1400. The maximum atomic E-state index is 13.6. The van der Waals surface area contributed by atoms with Crippen LogP contribution in [-0.2, 0) is 13.6 Å². The zero-order valence-corrected chi connectivity index (χ0v) is 16.9. The smallest absolute Gasteiger partial charge is 0.255 e. The number of carbonyl (C=O) groups is 1. The summed E-state index contributed by atoms with van der Waals surface area (Å²) < 4.78 is 17.0. The Morgan fingerprint density at radius 3 is 3.03 bits per heavy atom. The molecule has 0 aliphatic heterocycles. The first-order valence-corrected chi connectivity index (χ1v) is 9.74. The summed E-state index contributed by atoms with van der Waals surface area (Å²) in [7, 11) is 1.74. The number of amides is 1. The number of carbonyl (C=O) groups excluding carboxylic acids is 1. The molecule has 0 saturated heterocycles. The predicted octanol–water partition coefficient (Wildman–Crippen LogP) is 2.67. The molecule has 0 radical (unpaired) electrons. The Morgan fingerprint density at radius 1 is 1.35 bits per heavy atom. The van der Waals surface area contributed by atoms with E-state index < -0.39 is 0 Å². The van der Waals surface area contributed by atoms with E-state index in [9.17, 15) is 9.18 Å². The number of hydrogen-bond acceptors (Lipinski definition) is 5. The quantitative estimate of drug-likeness (QED) is 0.456. The van der Waals surface area contributed by atoms with Crippen molar-refractivity contribution in [2.24, 2.45) is 7.05 Å². The van der Waals surface area contributed by atoms with Gasteiger partial charge < -0.3 is 10.3 Å². The van der Waals surface area contributed by atoms with Crippen molar-refractivity contribution >= 4 is 28.0 Å². The number of fused-ring (bicyclic) bond motifs is 2. The lowest BCUT2D eigenvalue weighted by Crippen LogP contribution is -2.35. The van der Waals surface area contributed by atoms with E-state index in [-0.39, 0.29) is 17.8 Å². The van der Waals surface area contributed by atoms with E-state index in [2.05, 4.69) is 30.5 Å². The first-order chi connectivity index (χ1) is 15.0. The van der Waals surface area contributed by atoms with Gasteiger partial charge in [-0.25, -0.2) is 14.4 Å². The summed E-state index contributed by atoms with van der Waals surface area (Å²) in [5.74, 6) is -0.595. The molecular weight excluding hydrogens is 399 g/mol. The van der Waals surface area contributed by atoms with Gasteiger partial charge in [0.15, 0.2) is 5.65 Å². The van der Waals surface area contributed by atoms with Gasteiger partial charge in [-0.15, -0.1) is 0 Å². The highest BCUT2D eigenvalue weighted by molar-refractivity contribution is 6.05. The lowest BCUT2D eigenvalue weighted by Gasteiger charge is -2.13. The van der Waals surface area contributed by atoms with Crippen molar-refractivity contribution in [3.05, 3.63) is 60.4 Å². The normalized spacial score (nSPS) is 12.5. The Labute approximate surface area is 175 Å². The highest BCUT2D eigenvalue weighted by Gasteiger charge is 2.19. The molecule has 31 heavy (non-hydrogen) atoms. The van der Waals surface area contributed by atoms with Crippen LogP contribution >= 0.6 is 0 Å². The van der Waals surface area contributed by atoms with E-state index in [4.69, 9.17) is 0 Å². The van der Waals surface area contributed by atoms with Crippen LogP contribution in [0.4, 0.5) is 4.39 Å². The topological polar surface area (TPSA) is 106 Å². The third-order valence-corrected chi connectivity index (χ3v) is 5.08. The largest absolute Gasteiger partial charge is 0.348 e. The zero-order valence-electron chi connectivity index (χ0n) is 16.9. The minimum atomic E-state index is -0.336. The molecule has 10 heteroatoms. The number of hydrogen-bond donors (Lipinski definition) is 2. The van der Waals surface area contributed by atoms with Crippen LogP contribution in [0.1, 0.15) is 17.3 Å². The molecule has 5 rings (SSSR count). The first-order valence-electron chi connectivity index (χ1n) is 9.74. The number of rotatable bonds is 5. The van der Waals surface area contributed by atoms with E-state index in [1.54, 1.807) is 41.1 Å². The summed E-state index contributed by atoms with van der Waals surface area (Å²) in [4.78, 5) is 24.9. The molecule has 0 fully saturated rings. The average Bonchev–Trinajstić information content (AvgIpc) is 3.47. The number of nitrogens with one attached hydrogen (secondary N) is 2. The van der Waals surface area contributed by atoms with Gasteiger partial charge in [0.1, 0.15) is 22.7 Å². The number of nitrogens with zero attached hydrogens (tertiary/aromatic N) is 6. The van der Waals surface area contributed by atoms with Gasteiger partial charge in [0.05, 0.1) is 23.8 Å². The molecule has 156 valence electrons. The van der Waals surface area contributed by atoms with Gasteiger partial charge in [-0.05, 0) is 31.2 Å². The van der Waals surface area contributed by atoms with Crippen molar-refractivity contribution < 1.29 is 9.18 Å². The van der Waals surface area contributed by atoms with Gasteiger partial charge in [-0.1, -0.05) is 0 Å². The van der Waals surface area contributed by atoms with Crippen molar-refractivity contribution in [2.75, 3.05) is 0 Å². The summed E-state index contributed by atoms with van der Waals surface area (Å²) in [6.45, 7) is 2.46. The van der Waals surface area contributed by atoms with E-state index in [0.717, 1.165) is 5.39 Å². The molecule has 0 unspecified atom stereocenters. The van der Waals surface area contributed by atoms with Crippen LogP contribution in [0.2, 0.25) is 0 Å². The second kappa shape index (κ2) is 7.31. The van der Waals surface area contributed by atoms with Gasteiger partial charge in [-0.2, -0.15) is 10.2 Å². The zero-order chi connectivity index (χ0) is 21.5. The highest BCUT2D eigenvalue weighted by Crippen LogP contribution is 2.28. The predicted molar refractivity (Wildman–Crippen MR) is 113 cm³/mol. The minimum Gasteiger partial charge on any atom is -0.348 e. The summed E-state index contributed by atoms with van der Waals surface area (Å²) >= 11 is 0. The Morgan fingerprint density at radius 2 is 2.23 bits per heavy atom. The van der Waals surface area contributed by atoms with Gasteiger partial charge in [-0.3, -0.25) is 14.2 Å². The van der Waals surface area contributed by atoms with Crippen LogP contribution in [0.15, 0.2) is 49.1 Å². The fraction of sp³-hybridized carbons (Fsp3) is 0.190. The van der Waals surface area contributed by atoms with Crippen LogP contribution in [0.5, 0.6) is 0 Å². The molecule has 4 heterocycles. The highest BCUT2D eigenvalue weighted by atomic mass is 19.1. The molecule has 0 aliphatic carbocycles. The van der Waals surface area contributed by atoms with Crippen LogP contribution in [0.3, 0.4) is 0 Å². The Hall–Kier alpha value is -4.08. The van der Waals surface area contributed by atoms with E-state index in [0.29, 0.717) is 40.2 Å². The molecule has 2 N–H and O–H groups in total. The van der Waals surface area contributed by atoms with Crippen LogP contribution in [0, 0.1) is 5.82 Å². The lowest BCUT2D eigenvalue weighted by atomic mass is 10.1. The van der Waals surface area contributed by atoms with E-state index in [1.807, 2.05) is 19.2 Å². The molecule has 0 bridgehead atoms. The molecule has 1 aromatic carbocycles. The fourth-order valence-electron chi connectivity index (χ4n) is 3.63. The maximum Gasteiger partial charge on any atom is 0.255 e. The number of aromatic nitrogens is 7. The van der Waals surface area contributed by atoms with Crippen LogP contribution < -0.4 is 5.32 Å². The summed E-state index contributed by atoms with van der Waals surface area (Å²) in [5, 5.41) is 12.4. The minimum absolute atomic E-state index is 0.136. The van der Waals surface area contributed by atoms with Crippen molar-refractivity contribution in [1.82, 2.24) is 39.8 Å². The number of H-pyrrole nitrogens is 1. The molecule has 0 spiro atoms. The molecule has 1 amide bonds. The van der Waals surface area contributed by atoms with Crippen LogP contribution in [0.25, 0.3) is 33.5 Å². The molecule has 0 aliphatic rings. The molecule has 4 aromatic heterocycles. The number of aryl methyl sites for hydroxylation is 1. The van der Waals surface area contributed by atoms with Gasteiger partial charge in [0, 0.05) is 37.1 Å². The summed E-state index contributed by atoms with van der Waals surface area (Å²) in [5.41, 5.74) is 3.07. The molecule has 5 aromatic rings. The fourth-order valence-corrected chi connectivity index (χ4v) is 3.63. The maximum absolute atomic E-state index is 13.6. The second-order valence-corrected chi connectivity index (χ2v) is 7.39. The van der Waals surface area contributed by atoms with E-state index in [1.165, 1.54) is 12.1 Å². The molecule has 1 atom stereocenters. The lowest BCUT2D eigenvalue weighted by molar-refractivity contribution is 0.0937. The van der Waals surface area contributed by atoms with Crippen molar-refractivity contribution in [1.29, 1.82) is 0 Å². The Balaban J connectivity index is 1.48. The Kier molecular flexibility index (Phi) is 4.46. The van der Waals surface area contributed by atoms with Gasteiger partial charge in [0.2, 0.25) is 0 Å². The summed E-state index contributed by atoms with van der Waals surface area (Å²) in [6.07, 6.45) is 6.72. The van der Waals surface area contributed by atoms with Crippen molar-refractivity contribution in [3.63, 3.8) is 0 Å².